The van der Waals surface area contributed by atoms with Crippen LogP contribution < -0.4 is 5.32 Å². The first-order chi connectivity index (χ1) is 11.9. The van der Waals surface area contributed by atoms with Gasteiger partial charge in [-0.3, -0.25) is 4.79 Å². The highest BCUT2D eigenvalue weighted by Crippen LogP contribution is 2.25. The first-order valence-corrected chi connectivity index (χ1v) is 10.0. The Kier molecular flexibility index (Phi) is 5.13. The van der Waals surface area contributed by atoms with Crippen LogP contribution in [0.3, 0.4) is 0 Å². The van der Waals surface area contributed by atoms with Gasteiger partial charge in [-0.05, 0) is 54.8 Å². The van der Waals surface area contributed by atoms with E-state index in [-0.39, 0.29) is 11.7 Å². The van der Waals surface area contributed by atoms with Crippen LogP contribution in [-0.2, 0) is 23.0 Å². The number of fused-ring (bicyclic) bond motifs is 1. The molecule has 0 aliphatic carbocycles. The molecule has 0 bridgehead atoms. The minimum atomic E-state index is -3.22. The van der Waals surface area contributed by atoms with E-state index >= 15 is 0 Å². The highest BCUT2D eigenvalue weighted by atomic mass is 35.5. The van der Waals surface area contributed by atoms with Crippen molar-refractivity contribution in [3.8, 4) is 0 Å². The zero-order valence-corrected chi connectivity index (χ0v) is 15.4. The van der Waals surface area contributed by atoms with Gasteiger partial charge in [0.1, 0.15) is 0 Å². The summed E-state index contributed by atoms with van der Waals surface area (Å²) in [5.74, 6) is -0.163. The molecule has 2 aromatic rings. The molecule has 1 heterocycles. The molecule has 5 nitrogen and oxygen atoms in total. The predicted octanol–water partition coefficient (Wildman–Crippen LogP) is 3.30. The van der Waals surface area contributed by atoms with Crippen LogP contribution in [0.4, 0.5) is 5.69 Å². The van der Waals surface area contributed by atoms with E-state index in [1.54, 1.807) is 31.2 Å². The summed E-state index contributed by atoms with van der Waals surface area (Å²) in [6.45, 7) is 2.48. The number of carbonyl (C=O) groups excluding carboxylic acids is 1. The molecular weight excluding hydrogens is 360 g/mol. The van der Waals surface area contributed by atoms with Gasteiger partial charge in [-0.2, -0.15) is 4.31 Å². The van der Waals surface area contributed by atoms with Crippen molar-refractivity contribution in [1.29, 1.82) is 0 Å². The molecule has 7 heteroatoms. The van der Waals surface area contributed by atoms with Crippen molar-refractivity contribution >= 4 is 33.2 Å². The third-order valence-electron chi connectivity index (χ3n) is 4.29. The monoisotopic (exact) mass is 378 g/mol. The number of anilines is 1. The predicted molar refractivity (Wildman–Crippen MR) is 99.4 cm³/mol. The van der Waals surface area contributed by atoms with Gasteiger partial charge in [0.2, 0.25) is 10.0 Å². The fourth-order valence-electron chi connectivity index (χ4n) is 2.86. The number of benzene rings is 2. The smallest absolute Gasteiger partial charge is 0.255 e. The van der Waals surface area contributed by atoms with Crippen LogP contribution >= 0.6 is 11.6 Å². The quantitative estimate of drug-likeness (QED) is 0.887. The molecule has 1 amide bonds. The Balaban J connectivity index is 1.79. The molecule has 0 fully saturated rings. The number of sulfonamides is 1. The summed E-state index contributed by atoms with van der Waals surface area (Å²) < 4.78 is 25.7. The van der Waals surface area contributed by atoms with Crippen LogP contribution in [0.2, 0.25) is 5.02 Å². The van der Waals surface area contributed by atoms with E-state index in [1.807, 2.05) is 18.2 Å². The molecular formula is C18H19ClN2O3S. The fraction of sp³-hybridized carbons (Fsp3) is 0.278. The number of nitrogens with zero attached hydrogens (tertiary/aromatic N) is 1. The summed E-state index contributed by atoms with van der Waals surface area (Å²) in [6, 6.07) is 12.3. The number of amides is 1. The van der Waals surface area contributed by atoms with Gasteiger partial charge in [0.25, 0.3) is 5.91 Å². The minimum Gasteiger partial charge on any atom is -0.322 e. The van der Waals surface area contributed by atoms with Crippen LogP contribution in [0.15, 0.2) is 42.5 Å². The van der Waals surface area contributed by atoms with Crippen LogP contribution in [0.5, 0.6) is 0 Å². The third-order valence-corrected chi connectivity index (χ3v) is 6.35. The van der Waals surface area contributed by atoms with Crippen LogP contribution in [0.1, 0.15) is 28.4 Å². The maximum atomic E-state index is 12.3. The molecule has 0 unspecified atom stereocenters. The number of carbonyl (C=O) groups is 1. The molecule has 1 aliphatic rings. The van der Waals surface area contributed by atoms with Crippen molar-refractivity contribution in [2.75, 3.05) is 17.6 Å². The summed E-state index contributed by atoms with van der Waals surface area (Å²) in [7, 11) is -3.22. The Labute approximate surface area is 152 Å². The second-order valence-electron chi connectivity index (χ2n) is 5.93. The number of halogens is 1. The van der Waals surface area contributed by atoms with E-state index in [4.69, 9.17) is 11.6 Å². The molecule has 2 aromatic carbocycles. The minimum absolute atomic E-state index is 0.0908. The number of hydrogen-bond donors (Lipinski definition) is 1. The lowest BCUT2D eigenvalue weighted by Gasteiger charge is -2.28. The molecule has 1 N–H and O–H groups in total. The van der Waals surface area contributed by atoms with Gasteiger partial charge in [0.15, 0.2) is 0 Å². The van der Waals surface area contributed by atoms with Gasteiger partial charge in [-0.15, -0.1) is 0 Å². The molecule has 3 rings (SSSR count). The average molecular weight is 379 g/mol. The summed E-state index contributed by atoms with van der Waals surface area (Å²) in [4.78, 5) is 12.3. The summed E-state index contributed by atoms with van der Waals surface area (Å²) in [5.41, 5.74) is 3.15. The van der Waals surface area contributed by atoms with Crippen molar-refractivity contribution in [2.45, 2.75) is 19.9 Å². The van der Waals surface area contributed by atoms with Gasteiger partial charge in [0, 0.05) is 29.4 Å². The van der Waals surface area contributed by atoms with Gasteiger partial charge in [0.05, 0.1) is 5.75 Å². The van der Waals surface area contributed by atoms with Crippen molar-refractivity contribution < 1.29 is 13.2 Å². The largest absolute Gasteiger partial charge is 0.322 e. The Morgan fingerprint density at radius 3 is 2.72 bits per heavy atom. The maximum absolute atomic E-state index is 12.3. The summed E-state index contributed by atoms with van der Waals surface area (Å²) in [6.07, 6.45) is 0.678. The highest BCUT2D eigenvalue weighted by Gasteiger charge is 2.25. The zero-order chi connectivity index (χ0) is 18.0. The molecule has 132 valence electrons. The summed E-state index contributed by atoms with van der Waals surface area (Å²) in [5, 5.41) is 3.34. The van der Waals surface area contributed by atoms with Crippen LogP contribution in [0.25, 0.3) is 0 Å². The molecule has 1 aliphatic heterocycles. The van der Waals surface area contributed by atoms with E-state index in [9.17, 15) is 13.2 Å². The van der Waals surface area contributed by atoms with E-state index in [0.29, 0.717) is 35.8 Å². The lowest BCUT2D eigenvalue weighted by Crippen LogP contribution is -2.36. The lowest BCUT2D eigenvalue weighted by molar-refractivity contribution is 0.102. The average Bonchev–Trinajstić information content (AvgIpc) is 2.61. The van der Waals surface area contributed by atoms with E-state index in [0.717, 1.165) is 11.1 Å². The van der Waals surface area contributed by atoms with Crippen molar-refractivity contribution in [3.63, 3.8) is 0 Å². The highest BCUT2D eigenvalue weighted by molar-refractivity contribution is 7.89. The van der Waals surface area contributed by atoms with Gasteiger partial charge < -0.3 is 5.32 Å². The molecule has 0 radical (unpaired) electrons. The Hall–Kier alpha value is -1.89. The number of rotatable bonds is 4. The van der Waals surface area contributed by atoms with Crippen molar-refractivity contribution in [2.24, 2.45) is 0 Å². The molecule has 0 aromatic heterocycles. The molecule has 0 saturated carbocycles. The molecule has 0 spiro atoms. The van der Waals surface area contributed by atoms with Gasteiger partial charge in [-0.25, -0.2) is 8.42 Å². The van der Waals surface area contributed by atoms with Crippen molar-refractivity contribution in [3.05, 3.63) is 64.2 Å². The fourth-order valence-corrected chi connectivity index (χ4v) is 4.12. The first-order valence-electron chi connectivity index (χ1n) is 8.05. The van der Waals surface area contributed by atoms with E-state index in [1.165, 1.54) is 4.31 Å². The number of hydrogen-bond acceptors (Lipinski definition) is 3. The maximum Gasteiger partial charge on any atom is 0.255 e. The topological polar surface area (TPSA) is 66.5 Å². The van der Waals surface area contributed by atoms with Gasteiger partial charge >= 0.3 is 0 Å². The second kappa shape index (κ2) is 7.15. The third kappa shape index (κ3) is 4.03. The Morgan fingerprint density at radius 1 is 1.20 bits per heavy atom. The summed E-state index contributed by atoms with van der Waals surface area (Å²) >= 11 is 5.92. The van der Waals surface area contributed by atoms with Crippen LogP contribution in [-0.4, -0.2) is 30.9 Å². The van der Waals surface area contributed by atoms with Gasteiger partial charge in [-0.1, -0.05) is 23.7 Å². The molecule has 25 heavy (non-hydrogen) atoms. The molecule has 0 saturated heterocycles. The molecule has 0 atom stereocenters. The van der Waals surface area contributed by atoms with Crippen molar-refractivity contribution in [1.82, 2.24) is 4.31 Å². The normalized spacial score (nSPS) is 14.8. The SMILES string of the molecule is CCS(=O)(=O)N1CCc2ccc(NC(=O)c3cccc(Cl)c3)cc2C1. The zero-order valence-electron chi connectivity index (χ0n) is 13.8. The van der Waals surface area contributed by atoms with E-state index in [2.05, 4.69) is 5.32 Å². The standard InChI is InChI=1S/C18H19ClN2O3S/c1-2-25(23,24)21-9-8-13-6-7-17(11-15(13)12-21)20-18(22)14-4-3-5-16(19)10-14/h3-7,10-11H,2,8-9,12H2,1H3,(H,20,22). The first kappa shape index (κ1) is 17.9. The Morgan fingerprint density at radius 2 is 2.00 bits per heavy atom. The Bertz CT molecular complexity index is 912. The van der Waals surface area contributed by atoms with E-state index < -0.39 is 10.0 Å². The second-order valence-corrected chi connectivity index (χ2v) is 8.63. The number of nitrogens with one attached hydrogen (secondary N) is 1. The lowest BCUT2D eigenvalue weighted by atomic mass is 10.0. The van der Waals surface area contributed by atoms with Crippen LogP contribution in [0, 0.1) is 0 Å².